The van der Waals surface area contributed by atoms with E-state index in [1.54, 1.807) is 12.1 Å². The molecular weight excluding hydrogens is 278 g/mol. The molecule has 1 atom stereocenters. The van der Waals surface area contributed by atoms with Crippen molar-refractivity contribution in [1.82, 2.24) is 10.2 Å². The first kappa shape index (κ1) is 15.2. The molecule has 0 aromatic heterocycles. The van der Waals surface area contributed by atoms with Crippen molar-refractivity contribution in [2.24, 2.45) is 5.92 Å². The van der Waals surface area contributed by atoms with Crippen LogP contribution in [0.4, 0.5) is 5.69 Å². The zero-order valence-electron chi connectivity index (χ0n) is 11.6. The largest absolute Gasteiger partial charge is 0.312 e. The Kier molecular flexibility index (Phi) is 5.34. The highest BCUT2D eigenvalue weighted by atomic mass is 35.5. The molecule has 1 heterocycles. The van der Waals surface area contributed by atoms with Crippen LogP contribution in [0.1, 0.15) is 18.4 Å². The normalized spacial score (nSPS) is 20.0. The van der Waals surface area contributed by atoms with Crippen molar-refractivity contribution < 1.29 is 4.92 Å². The number of hydrogen-bond acceptors (Lipinski definition) is 4. The van der Waals surface area contributed by atoms with Crippen molar-refractivity contribution in [3.8, 4) is 0 Å². The third-order valence-corrected chi connectivity index (χ3v) is 4.01. The van der Waals surface area contributed by atoms with E-state index in [-0.39, 0.29) is 10.7 Å². The van der Waals surface area contributed by atoms with Gasteiger partial charge < -0.3 is 10.2 Å². The lowest BCUT2D eigenvalue weighted by molar-refractivity contribution is -0.384. The van der Waals surface area contributed by atoms with E-state index < -0.39 is 4.92 Å². The van der Waals surface area contributed by atoms with Crippen LogP contribution < -0.4 is 5.32 Å². The first-order valence-corrected chi connectivity index (χ1v) is 7.26. The van der Waals surface area contributed by atoms with Crippen molar-refractivity contribution >= 4 is 17.3 Å². The summed E-state index contributed by atoms with van der Waals surface area (Å²) < 4.78 is 0. The SMILES string of the molecule is CN1CCCC(CNCc2ccc(Cl)c([N+](=O)[O-])c2)C1. The van der Waals surface area contributed by atoms with Gasteiger partial charge >= 0.3 is 0 Å². The summed E-state index contributed by atoms with van der Waals surface area (Å²) in [5.41, 5.74) is 0.869. The van der Waals surface area contributed by atoms with E-state index in [4.69, 9.17) is 11.6 Å². The van der Waals surface area contributed by atoms with Crippen molar-refractivity contribution in [2.75, 3.05) is 26.7 Å². The minimum atomic E-state index is -0.443. The summed E-state index contributed by atoms with van der Waals surface area (Å²) in [4.78, 5) is 12.7. The zero-order chi connectivity index (χ0) is 14.5. The van der Waals surface area contributed by atoms with Crippen molar-refractivity contribution in [1.29, 1.82) is 0 Å². The number of nitro benzene ring substituents is 1. The maximum absolute atomic E-state index is 10.8. The maximum Gasteiger partial charge on any atom is 0.288 e. The Bertz CT molecular complexity index is 481. The molecule has 5 nitrogen and oxygen atoms in total. The smallest absolute Gasteiger partial charge is 0.288 e. The van der Waals surface area contributed by atoms with Crippen LogP contribution in [-0.4, -0.2) is 36.5 Å². The lowest BCUT2D eigenvalue weighted by Gasteiger charge is -2.29. The van der Waals surface area contributed by atoms with Crippen LogP contribution in [0.3, 0.4) is 0 Å². The van der Waals surface area contributed by atoms with Crippen LogP contribution in [0.25, 0.3) is 0 Å². The first-order chi connectivity index (χ1) is 9.56. The number of nitro groups is 1. The average Bonchev–Trinajstić information content (AvgIpc) is 2.40. The van der Waals surface area contributed by atoms with Crippen LogP contribution in [0, 0.1) is 16.0 Å². The molecule has 2 rings (SSSR count). The number of nitrogens with one attached hydrogen (secondary N) is 1. The molecule has 1 aromatic carbocycles. The van der Waals surface area contributed by atoms with Gasteiger partial charge in [-0.25, -0.2) is 0 Å². The number of hydrogen-bond donors (Lipinski definition) is 1. The summed E-state index contributed by atoms with van der Waals surface area (Å²) in [6.07, 6.45) is 2.49. The van der Waals surface area contributed by atoms with Gasteiger partial charge in [0.05, 0.1) is 4.92 Å². The number of piperidine rings is 1. The van der Waals surface area contributed by atoms with Crippen LogP contribution in [-0.2, 0) is 6.54 Å². The van der Waals surface area contributed by atoms with Gasteiger partial charge in [-0.2, -0.15) is 0 Å². The van der Waals surface area contributed by atoms with E-state index >= 15 is 0 Å². The van der Waals surface area contributed by atoms with E-state index in [1.165, 1.54) is 19.4 Å². The highest BCUT2D eigenvalue weighted by Crippen LogP contribution is 2.25. The highest BCUT2D eigenvalue weighted by Gasteiger charge is 2.17. The number of nitrogens with zero attached hydrogens (tertiary/aromatic N) is 2. The third kappa shape index (κ3) is 4.16. The Morgan fingerprint density at radius 3 is 3.05 bits per heavy atom. The summed E-state index contributed by atoms with van der Waals surface area (Å²) in [5.74, 6) is 0.663. The lowest BCUT2D eigenvalue weighted by atomic mass is 9.98. The molecule has 1 N–H and O–H groups in total. The van der Waals surface area contributed by atoms with E-state index in [0.29, 0.717) is 12.5 Å². The second-order valence-corrected chi connectivity index (χ2v) is 5.85. The standard InChI is InChI=1S/C14H20ClN3O2/c1-17-6-2-3-12(10-17)9-16-8-11-4-5-13(15)14(7-11)18(19)20/h4-5,7,12,16H,2-3,6,8-10H2,1H3. The minimum Gasteiger partial charge on any atom is -0.312 e. The van der Waals surface area contributed by atoms with Crippen molar-refractivity contribution in [2.45, 2.75) is 19.4 Å². The Balaban J connectivity index is 1.85. The number of halogens is 1. The number of likely N-dealkylation sites (tertiary alicyclic amines) is 1. The quantitative estimate of drug-likeness (QED) is 0.670. The second kappa shape index (κ2) is 7.02. The van der Waals surface area contributed by atoms with E-state index in [0.717, 1.165) is 18.7 Å². The first-order valence-electron chi connectivity index (χ1n) is 6.88. The van der Waals surface area contributed by atoms with Gasteiger partial charge in [0.25, 0.3) is 5.69 Å². The zero-order valence-corrected chi connectivity index (χ0v) is 12.4. The molecule has 1 aromatic rings. The lowest BCUT2D eigenvalue weighted by Crippen LogP contribution is -2.37. The molecular formula is C14H20ClN3O2. The molecule has 0 bridgehead atoms. The van der Waals surface area contributed by atoms with Crippen LogP contribution in [0.5, 0.6) is 0 Å². The maximum atomic E-state index is 10.8. The summed E-state index contributed by atoms with van der Waals surface area (Å²) in [5, 5.41) is 14.4. The van der Waals surface area contributed by atoms with E-state index in [1.807, 2.05) is 6.07 Å². The molecule has 1 unspecified atom stereocenters. The topological polar surface area (TPSA) is 58.4 Å². The molecule has 1 fully saturated rings. The fourth-order valence-electron chi connectivity index (χ4n) is 2.67. The van der Waals surface area contributed by atoms with Crippen LogP contribution in [0.15, 0.2) is 18.2 Å². The third-order valence-electron chi connectivity index (χ3n) is 3.69. The Morgan fingerprint density at radius 1 is 1.55 bits per heavy atom. The summed E-state index contributed by atoms with van der Waals surface area (Å²) >= 11 is 5.80. The molecule has 0 saturated carbocycles. The summed E-state index contributed by atoms with van der Waals surface area (Å²) in [6, 6.07) is 4.96. The minimum absolute atomic E-state index is 0.0247. The predicted molar refractivity (Wildman–Crippen MR) is 80.0 cm³/mol. The molecule has 0 spiro atoms. The fraction of sp³-hybridized carbons (Fsp3) is 0.571. The van der Waals surface area contributed by atoms with Gasteiger partial charge in [0.1, 0.15) is 5.02 Å². The Morgan fingerprint density at radius 2 is 2.35 bits per heavy atom. The van der Waals surface area contributed by atoms with Gasteiger partial charge in [0.2, 0.25) is 0 Å². The number of benzene rings is 1. The average molecular weight is 298 g/mol. The van der Waals surface area contributed by atoms with Gasteiger partial charge in [0, 0.05) is 19.2 Å². The van der Waals surface area contributed by atoms with Crippen molar-refractivity contribution in [3.63, 3.8) is 0 Å². The van der Waals surface area contributed by atoms with Gasteiger partial charge in [-0.3, -0.25) is 10.1 Å². The van der Waals surface area contributed by atoms with Gasteiger partial charge in [-0.1, -0.05) is 17.7 Å². The summed E-state index contributed by atoms with van der Waals surface area (Å²) in [7, 11) is 2.15. The van der Waals surface area contributed by atoms with E-state index in [2.05, 4.69) is 17.3 Å². The van der Waals surface area contributed by atoms with Gasteiger partial charge in [-0.15, -0.1) is 0 Å². The van der Waals surface area contributed by atoms with Gasteiger partial charge in [0.15, 0.2) is 0 Å². The molecule has 1 saturated heterocycles. The monoisotopic (exact) mass is 297 g/mol. The fourth-order valence-corrected chi connectivity index (χ4v) is 2.86. The Hall–Kier alpha value is -1.17. The molecule has 0 aliphatic carbocycles. The molecule has 110 valence electrons. The Labute approximate surface area is 124 Å². The van der Waals surface area contributed by atoms with Crippen LogP contribution in [0.2, 0.25) is 5.02 Å². The van der Waals surface area contributed by atoms with Gasteiger partial charge in [-0.05, 0) is 50.5 Å². The van der Waals surface area contributed by atoms with E-state index in [9.17, 15) is 10.1 Å². The molecule has 1 aliphatic heterocycles. The summed E-state index contributed by atoms with van der Waals surface area (Å²) in [6.45, 7) is 3.88. The molecule has 6 heteroatoms. The van der Waals surface area contributed by atoms with Crippen LogP contribution >= 0.6 is 11.6 Å². The highest BCUT2D eigenvalue weighted by molar-refractivity contribution is 6.32. The molecule has 20 heavy (non-hydrogen) atoms. The van der Waals surface area contributed by atoms with Crippen molar-refractivity contribution in [3.05, 3.63) is 38.9 Å². The number of rotatable bonds is 5. The molecule has 1 aliphatic rings. The molecule has 0 radical (unpaired) electrons. The molecule has 0 amide bonds. The second-order valence-electron chi connectivity index (χ2n) is 5.44. The predicted octanol–water partition coefficient (Wildman–Crippen LogP) is 2.68.